The van der Waals surface area contributed by atoms with Crippen molar-refractivity contribution in [3.63, 3.8) is 0 Å². The third-order valence-corrected chi connectivity index (χ3v) is 6.32. The van der Waals surface area contributed by atoms with Crippen LogP contribution in [0.2, 0.25) is 0 Å². The van der Waals surface area contributed by atoms with Crippen LogP contribution in [0.15, 0.2) is 83.8 Å². The molecule has 0 aromatic heterocycles. The smallest absolute Gasteiger partial charge is 0.251 e. The number of sulfonamides is 1. The Morgan fingerprint density at radius 3 is 2.00 bits per heavy atom. The molecule has 0 saturated carbocycles. The van der Waals surface area contributed by atoms with Crippen LogP contribution in [-0.2, 0) is 16.6 Å². The van der Waals surface area contributed by atoms with Gasteiger partial charge in [-0.1, -0.05) is 54.6 Å². The fourth-order valence-electron chi connectivity index (χ4n) is 3.01. The van der Waals surface area contributed by atoms with Gasteiger partial charge < -0.3 is 5.32 Å². The summed E-state index contributed by atoms with van der Waals surface area (Å²) in [6, 6.07) is 22.1. The van der Waals surface area contributed by atoms with Gasteiger partial charge in [0.2, 0.25) is 10.0 Å². The van der Waals surface area contributed by atoms with Crippen LogP contribution in [0, 0.1) is 0 Å². The van der Waals surface area contributed by atoms with Crippen molar-refractivity contribution in [2.24, 2.45) is 0 Å². The molecule has 1 amide bonds. The summed E-state index contributed by atoms with van der Waals surface area (Å²) < 4.78 is 27.4. The van der Waals surface area contributed by atoms with Crippen molar-refractivity contribution in [1.82, 2.24) is 10.0 Å². The molecule has 31 heavy (non-hydrogen) atoms. The molecule has 0 bridgehead atoms. The standard InChI is InChI=1S/C24H24N2O4S/c1-17(20-6-4-3-5-7-20)26-24(28)22-10-8-19(9-11-22)16-25-31(29,30)23-14-12-21(13-15-23)18(2)27/h3-15,17,25H,16H2,1-2H3,(H,26,28). The highest BCUT2D eigenvalue weighted by Crippen LogP contribution is 2.14. The average molecular weight is 437 g/mol. The molecule has 0 saturated heterocycles. The molecule has 0 aliphatic rings. The second-order valence-corrected chi connectivity index (χ2v) is 8.97. The summed E-state index contributed by atoms with van der Waals surface area (Å²) in [6.45, 7) is 3.42. The van der Waals surface area contributed by atoms with Gasteiger partial charge in [0, 0.05) is 17.7 Å². The molecular formula is C24H24N2O4S. The Morgan fingerprint density at radius 2 is 1.42 bits per heavy atom. The first-order valence-electron chi connectivity index (χ1n) is 9.82. The van der Waals surface area contributed by atoms with Gasteiger partial charge in [0.05, 0.1) is 10.9 Å². The van der Waals surface area contributed by atoms with Crippen LogP contribution in [0.4, 0.5) is 0 Å². The van der Waals surface area contributed by atoms with Crippen molar-refractivity contribution in [2.75, 3.05) is 0 Å². The largest absolute Gasteiger partial charge is 0.346 e. The molecule has 0 spiro atoms. The number of benzene rings is 3. The molecule has 0 fully saturated rings. The minimum atomic E-state index is -3.71. The van der Waals surface area contributed by atoms with E-state index < -0.39 is 10.0 Å². The van der Waals surface area contributed by atoms with Gasteiger partial charge in [-0.15, -0.1) is 0 Å². The van der Waals surface area contributed by atoms with E-state index in [0.29, 0.717) is 11.1 Å². The summed E-state index contributed by atoms with van der Waals surface area (Å²) in [4.78, 5) is 23.9. The molecule has 1 atom stereocenters. The minimum Gasteiger partial charge on any atom is -0.346 e. The Kier molecular flexibility index (Phi) is 6.99. The Labute approximate surface area is 182 Å². The number of rotatable bonds is 8. The lowest BCUT2D eigenvalue weighted by molar-refractivity contribution is 0.0939. The summed E-state index contributed by atoms with van der Waals surface area (Å²) in [7, 11) is -3.71. The predicted molar refractivity (Wildman–Crippen MR) is 119 cm³/mol. The van der Waals surface area contributed by atoms with Gasteiger partial charge in [-0.25, -0.2) is 13.1 Å². The molecule has 3 rings (SSSR count). The second kappa shape index (κ2) is 9.68. The van der Waals surface area contributed by atoms with Crippen molar-refractivity contribution in [3.05, 3.63) is 101 Å². The minimum absolute atomic E-state index is 0.0825. The number of nitrogens with one attached hydrogen (secondary N) is 2. The highest BCUT2D eigenvalue weighted by atomic mass is 32.2. The fraction of sp³-hybridized carbons (Fsp3) is 0.167. The van der Waals surface area contributed by atoms with E-state index in [0.717, 1.165) is 11.1 Å². The molecule has 0 heterocycles. The summed E-state index contributed by atoms with van der Waals surface area (Å²) in [5, 5.41) is 2.95. The first-order valence-corrected chi connectivity index (χ1v) is 11.3. The number of hydrogen-bond acceptors (Lipinski definition) is 4. The molecular weight excluding hydrogens is 412 g/mol. The molecule has 0 radical (unpaired) electrons. The molecule has 0 aliphatic heterocycles. The maximum absolute atomic E-state index is 12.5. The quantitative estimate of drug-likeness (QED) is 0.525. The lowest BCUT2D eigenvalue weighted by atomic mass is 10.1. The van der Waals surface area contributed by atoms with Crippen molar-refractivity contribution in [3.8, 4) is 0 Å². The van der Waals surface area contributed by atoms with E-state index in [4.69, 9.17) is 0 Å². The Balaban J connectivity index is 1.60. The van der Waals surface area contributed by atoms with Gasteiger partial charge in [0.1, 0.15) is 0 Å². The van der Waals surface area contributed by atoms with E-state index in [1.165, 1.54) is 31.2 Å². The second-order valence-electron chi connectivity index (χ2n) is 7.21. The SMILES string of the molecule is CC(=O)c1ccc(S(=O)(=O)NCc2ccc(C(=O)NC(C)c3ccccc3)cc2)cc1. The zero-order valence-electron chi connectivity index (χ0n) is 17.3. The first-order chi connectivity index (χ1) is 14.8. The third kappa shape index (κ3) is 5.87. The highest BCUT2D eigenvalue weighted by Gasteiger charge is 2.15. The Bertz CT molecular complexity index is 1160. The zero-order chi connectivity index (χ0) is 22.4. The summed E-state index contributed by atoms with van der Waals surface area (Å²) in [5.74, 6) is -0.326. The van der Waals surface area contributed by atoms with Crippen molar-refractivity contribution in [1.29, 1.82) is 0 Å². The number of amides is 1. The van der Waals surface area contributed by atoms with Crippen LogP contribution in [0.5, 0.6) is 0 Å². The number of carbonyl (C=O) groups is 2. The number of Topliss-reactive ketones (excluding diaryl/α,β-unsaturated/α-hetero) is 1. The van der Waals surface area contributed by atoms with Gasteiger partial charge in [-0.3, -0.25) is 9.59 Å². The topological polar surface area (TPSA) is 92.3 Å². The van der Waals surface area contributed by atoms with Crippen molar-refractivity contribution in [2.45, 2.75) is 31.3 Å². The van der Waals surface area contributed by atoms with E-state index in [1.807, 2.05) is 37.3 Å². The first kappa shape index (κ1) is 22.4. The number of carbonyl (C=O) groups excluding carboxylic acids is 2. The van der Waals surface area contributed by atoms with Crippen LogP contribution < -0.4 is 10.0 Å². The molecule has 3 aromatic carbocycles. The van der Waals surface area contributed by atoms with E-state index in [9.17, 15) is 18.0 Å². The van der Waals surface area contributed by atoms with Crippen LogP contribution in [0.25, 0.3) is 0 Å². The van der Waals surface area contributed by atoms with Gasteiger partial charge in [0.25, 0.3) is 5.91 Å². The van der Waals surface area contributed by atoms with Gasteiger partial charge in [-0.05, 0) is 49.2 Å². The molecule has 7 heteroatoms. The van der Waals surface area contributed by atoms with Gasteiger partial charge in [-0.2, -0.15) is 0 Å². The fourth-order valence-corrected chi connectivity index (χ4v) is 4.03. The Hall–Kier alpha value is -3.29. The molecule has 1 unspecified atom stereocenters. The summed E-state index contributed by atoms with van der Waals surface area (Å²) in [5.41, 5.74) is 2.68. The van der Waals surface area contributed by atoms with E-state index in [1.54, 1.807) is 24.3 Å². The highest BCUT2D eigenvalue weighted by molar-refractivity contribution is 7.89. The maximum Gasteiger partial charge on any atom is 0.251 e. The average Bonchev–Trinajstić information content (AvgIpc) is 2.78. The summed E-state index contributed by atoms with van der Waals surface area (Å²) >= 11 is 0. The van der Waals surface area contributed by atoms with Crippen molar-refractivity contribution < 1.29 is 18.0 Å². The third-order valence-electron chi connectivity index (χ3n) is 4.90. The summed E-state index contributed by atoms with van der Waals surface area (Å²) in [6.07, 6.45) is 0. The van der Waals surface area contributed by atoms with Crippen molar-refractivity contribution >= 4 is 21.7 Å². The maximum atomic E-state index is 12.5. The lowest BCUT2D eigenvalue weighted by Gasteiger charge is -2.14. The van der Waals surface area contributed by atoms with Crippen LogP contribution in [-0.4, -0.2) is 20.1 Å². The van der Waals surface area contributed by atoms with Crippen LogP contribution >= 0.6 is 0 Å². The van der Waals surface area contributed by atoms with Gasteiger partial charge >= 0.3 is 0 Å². The van der Waals surface area contributed by atoms with Crippen LogP contribution in [0.3, 0.4) is 0 Å². The Morgan fingerprint density at radius 1 is 0.839 bits per heavy atom. The van der Waals surface area contributed by atoms with Gasteiger partial charge in [0.15, 0.2) is 5.78 Å². The van der Waals surface area contributed by atoms with Crippen LogP contribution in [0.1, 0.15) is 51.7 Å². The number of hydrogen-bond donors (Lipinski definition) is 2. The molecule has 3 aromatic rings. The lowest BCUT2D eigenvalue weighted by Crippen LogP contribution is -2.26. The van der Waals surface area contributed by atoms with E-state index in [2.05, 4.69) is 10.0 Å². The van der Waals surface area contributed by atoms with E-state index in [-0.39, 0.29) is 29.2 Å². The molecule has 2 N–H and O–H groups in total. The molecule has 160 valence electrons. The molecule has 6 nitrogen and oxygen atoms in total. The monoisotopic (exact) mass is 436 g/mol. The predicted octanol–water partition coefficient (Wildman–Crippen LogP) is 3.86. The molecule has 0 aliphatic carbocycles. The van der Waals surface area contributed by atoms with E-state index >= 15 is 0 Å². The zero-order valence-corrected chi connectivity index (χ0v) is 18.1. The number of ketones is 1. The normalized spacial score (nSPS) is 12.2.